The molecule has 0 saturated carbocycles. The van der Waals surface area contributed by atoms with Crippen LogP contribution in [0.25, 0.3) is 0 Å². The minimum atomic E-state index is -0.765. The fourth-order valence-electron chi connectivity index (χ4n) is 3.83. The summed E-state index contributed by atoms with van der Waals surface area (Å²) in [5.41, 5.74) is 0. The van der Waals surface area contributed by atoms with E-state index in [2.05, 4.69) is 16.7 Å². The van der Waals surface area contributed by atoms with Gasteiger partial charge in [0.15, 0.2) is 0 Å². The molecule has 0 aromatic rings. The van der Waals surface area contributed by atoms with Gasteiger partial charge >= 0.3 is 17.8 Å². The lowest BCUT2D eigenvalue weighted by atomic mass is 9.77. The summed E-state index contributed by atoms with van der Waals surface area (Å²) in [6.45, 7) is 2.89. The topological polar surface area (TPSA) is 105 Å². The number of amides is 2. The number of unbranched alkanes of at least 4 members (excludes halogenated alkanes) is 1. The molecule has 2 aliphatic rings. The summed E-state index contributed by atoms with van der Waals surface area (Å²) in [6.07, 6.45) is 9.80. The van der Waals surface area contributed by atoms with E-state index >= 15 is 0 Å². The standard InChI is InChI=1S/C19H30N2O5/c1-2-11-20-18(24)19(25)21-12-14-13(15-9-10-16(14)26-15)7-5-3-4-6-8-17(22)23/h3,5,13-16H,2,4,6-12H2,1H3,(H,20,24)(H,21,25)(H,22,23)/b5-3-/t13-,14-,15-,16+/m1/s1. The summed E-state index contributed by atoms with van der Waals surface area (Å²) < 4.78 is 6.00. The fraction of sp³-hybridized carbons (Fsp3) is 0.737. The molecule has 2 heterocycles. The van der Waals surface area contributed by atoms with E-state index in [-0.39, 0.29) is 24.5 Å². The van der Waals surface area contributed by atoms with Crippen LogP contribution in [0.2, 0.25) is 0 Å². The Bertz CT molecular complexity index is 534. The van der Waals surface area contributed by atoms with Crippen LogP contribution in [-0.2, 0) is 19.1 Å². The van der Waals surface area contributed by atoms with Crippen LogP contribution < -0.4 is 10.6 Å². The Balaban J connectivity index is 1.77. The molecule has 7 heteroatoms. The maximum atomic E-state index is 11.9. The van der Waals surface area contributed by atoms with Gasteiger partial charge in [-0.15, -0.1) is 0 Å². The van der Waals surface area contributed by atoms with Crippen LogP contribution in [-0.4, -0.2) is 48.2 Å². The summed E-state index contributed by atoms with van der Waals surface area (Å²) in [7, 11) is 0. The van der Waals surface area contributed by atoms with Gasteiger partial charge in [-0.2, -0.15) is 0 Å². The van der Waals surface area contributed by atoms with Crippen LogP contribution in [0.15, 0.2) is 12.2 Å². The predicted molar refractivity (Wildman–Crippen MR) is 96.4 cm³/mol. The van der Waals surface area contributed by atoms with Crippen LogP contribution in [0.3, 0.4) is 0 Å². The van der Waals surface area contributed by atoms with Crippen molar-refractivity contribution in [2.45, 2.75) is 64.1 Å². The second-order valence-corrected chi connectivity index (χ2v) is 7.08. The maximum absolute atomic E-state index is 11.9. The first kappa shape index (κ1) is 20.4. The molecule has 2 amide bonds. The molecule has 2 fully saturated rings. The molecule has 7 nitrogen and oxygen atoms in total. The minimum absolute atomic E-state index is 0.157. The molecule has 0 spiro atoms. The number of ether oxygens (including phenoxy) is 1. The lowest BCUT2D eigenvalue weighted by molar-refractivity contribution is -0.139. The van der Waals surface area contributed by atoms with Crippen molar-refractivity contribution in [3.05, 3.63) is 12.2 Å². The summed E-state index contributed by atoms with van der Waals surface area (Å²) in [4.78, 5) is 34.0. The zero-order chi connectivity index (χ0) is 18.9. The second-order valence-electron chi connectivity index (χ2n) is 7.08. The molecule has 2 rings (SSSR count). The van der Waals surface area contributed by atoms with Crippen molar-refractivity contribution in [2.24, 2.45) is 11.8 Å². The highest BCUT2D eigenvalue weighted by atomic mass is 16.5. The van der Waals surface area contributed by atoms with Crippen molar-refractivity contribution in [2.75, 3.05) is 13.1 Å². The number of rotatable bonds is 10. The monoisotopic (exact) mass is 366 g/mol. The molecule has 0 unspecified atom stereocenters. The van der Waals surface area contributed by atoms with Crippen LogP contribution in [0, 0.1) is 11.8 Å². The van der Waals surface area contributed by atoms with Crippen LogP contribution in [0.5, 0.6) is 0 Å². The Morgan fingerprint density at radius 3 is 2.46 bits per heavy atom. The van der Waals surface area contributed by atoms with Gasteiger partial charge in [-0.05, 0) is 44.4 Å². The third kappa shape index (κ3) is 5.83. The van der Waals surface area contributed by atoms with Crippen molar-refractivity contribution >= 4 is 17.8 Å². The van der Waals surface area contributed by atoms with E-state index in [1.54, 1.807) is 0 Å². The fourth-order valence-corrected chi connectivity index (χ4v) is 3.83. The van der Waals surface area contributed by atoms with E-state index in [0.29, 0.717) is 25.4 Å². The Morgan fingerprint density at radius 2 is 1.77 bits per heavy atom. The number of nitrogens with one attached hydrogen (secondary N) is 2. The number of carbonyl (C=O) groups excluding carboxylic acids is 2. The number of hydrogen-bond acceptors (Lipinski definition) is 4. The number of fused-ring (bicyclic) bond motifs is 2. The van der Waals surface area contributed by atoms with Crippen LogP contribution >= 0.6 is 0 Å². The van der Waals surface area contributed by atoms with Gasteiger partial charge in [-0.1, -0.05) is 19.1 Å². The number of aliphatic carboxylic acids is 1. The number of allylic oxidation sites excluding steroid dienone is 2. The zero-order valence-corrected chi connectivity index (χ0v) is 15.4. The molecule has 146 valence electrons. The van der Waals surface area contributed by atoms with Crippen molar-refractivity contribution in [1.29, 1.82) is 0 Å². The lowest BCUT2D eigenvalue weighted by Gasteiger charge is -2.27. The average Bonchev–Trinajstić information content (AvgIpc) is 3.21. The first-order chi connectivity index (χ1) is 12.5. The van der Waals surface area contributed by atoms with E-state index in [1.165, 1.54) is 0 Å². The van der Waals surface area contributed by atoms with Crippen molar-refractivity contribution in [1.82, 2.24) is 10.6 Å². The van der Waals surface area contributed by atoms with E-state index in [9.17, 15) is 14.4 Å². The minimum Gasteiger partial charge on any atom is -0.481 e. The summed E-state index contributed by atoms with van der Waals surface area (Å²) >= 11 is 0. The van der Waals surface area contributed by atoms with Crippen molar-refractivity contribution in [3.63, 3.8) is 0 Å². The van der Waals surface area contributed by atoms with Gasteiger partial charge in [0.05, 0.1) is 12.2 Å². The molecule has 2 bridgehead atoms. The molecule has 0 aliphatic carbocycles. The van der Waals surface area contributed by atoms with Crippen molar-refractivity contribution < 1.29 is 24.2 Å². The highest BCUT2D eigenvalue weighted by Gasteiger charge is 2.48. The van der Waals surface area contributed by atoms with Crippen LogP contribution in [0.1, 0.15) is 51.9 Å². The Hall–Kier alpha value is -1.89. The lowest BCUT2D eigenvalue weighted by Crippen LogP contribution is -2.44. The molecule has 3 N–H and O–H groups in total. The average molecular weight is 366 g/mol. The van der Waals surface area contributed by atoms with E-state index in [1.807, 2.05) is 13.0 Å². The Labute approximate surface area is 154 Å². The quantitative estimate of drug-likeness (QED) is 0.310. The molecule has 0 aromatic heterocycles. The van der Waals surface area contributed by atoms with Gasteiger partial charge in [-0.25, -0.2) is 0 Å². The molecule has 0 aromatic carbocycles. The molecule has 2 saturated heterocycles. The largest absolute Gasteiger partial charge is 0.481 e. The molecule has 26 heavy (non-hydrogen) atoms. The van der Waals surface area contributed by atoms with E-state index in [0.717, 1.165) is 32.1 Å². The van der Waals surface area contributed by atoms with Gasteiger partial charge in [0.25, 0.3) is 0 Å². The second kappa shape index (κ2) is 10.3. The molecule has 0 radical (unpaired) electrons. The third-order valence-electron chi connectivity index (χ3n) is 5.17. The van der Waals surface area contributed by atoms with Gasteiger partial charge in [0.2, 0.25) is 0 Å². The maximum Gasteiger partial charge on any atom is 0.309 e. The first-order valence-corrected chi connectivity index (χ1v) is 9.61. The summed E-state index contributed by atoms with van der Waals surface area (Å²) in [5.74, 6) is -1.36. The highest BCUT2D eigenvalue weighted by molar-refractivity contribution is 6.35. The van der Waals surface area contributed by atoms with Gasteiger partial charge in [0, 0.05) is 25.4 Å². The summed E-state index contributed by atoms with van der Waals surface area (Å²) in [6, 6.07) is 0. The molecular formula is C19H30N2O5. The number of carbonyl (C=O) groups is 3. The summed E-state index contributed by atoms with van der Waals surface area (Å²) in [5, 5.41) is 14.0. The van der Waals surface area contributed by atoms with Gasteiger partial charge in [0.1, 0.15) is 0 Å². The predicted octanol–water partition coefficient (Wildman–Crippen LogP) is 1.62. The van der Waals surface area contributed by atoms with Crippen molar-refractivity contribution in [3.8, 4) is 0 Å². The normalized spacial score (nSPS) is 27.0. The van der Waals surface area contributed by atoms with Gasteiger partial charge < -0.3 is 20.5 Å². The number of carboxylic acid groups (broad SMARTS) is 1. The number of hydrogen-bond donors (Lipinski definition) is 3. The molecular weight excluding hydrogens is 336 g/mol. The molecule has 2 aliphatic heterocycles. The molecule has 4 atom stereocenters. The number of carboxylic acids is 1. The van der Waals surface area contributed by atoms with Gasteiger partial charge in [-0.3, -0.25) is 14.4 Å². The smallest absolute Gasteiger partial charge is 0.309 e. The third-order valence-corrected chi connectivity index (χ3v) is 5.17. The Morgan fingerprint density at radius 1 is 1.08 bits per heavy atom. The first-order valence-electron chi connectivity index (χ1n) is 9.61. The van der Waals surface area contributed by atoms with Crippen LogP contribution in [0.4, 0.5) is 0 Å². The SMILES string of the molecule is CCCNC(=O)C(=O)NC[C@@H]1[C@@H](C/C=C\CCCC(=O)O)[C@H]2CC[C@@H]1O2. The Kier molecular flexibility index (Phi) is 8.09. The van der Waals surface area contributed by atoms with E-state index in [4.69, 9.17) is 9.84 Å². The zero-order valence-electron chi connectivity index (χ0n) is 15.4. The van der Waals surface area contributed by atoms with E-state index < -0.39 is 17.8 Å². The highest BCUT2D eigenvalue weighted by Crippen LogP contribution is 2.44.